The van der Waals surface area contributed by atoms with Crippen molar-refractivity contribution in [2.45, 2.75) is 63.5 Å². The van der Waals surface area contributed by atoms with Crippen LogP contribution in [0.3, 0.4) is 0 Å². The summed E-state index contributed by atoms with van der Waals surface area (Å²) in [7, 11) is 0. The summed E-state index contributed by atoms with van der Waals surface area (Å²) >= 11 is 0. The van der Waals surface area contributed by atoms with Gasteiger partial charge in [-0.05, 0) is 73.6 Å². The van der Waals surface area contributed by atoms with Crippen LogP contribution >= 0.6 is 0 Å². The van der Waals surface area contributed by atoms with E-state index in [0.29, 0.717) is 13.1 Å². The number of hydrogen-bond donors (Lipinski definition) is 4. The molecule has 2 aromatic rings. The Hall–Kier alpha value is -3.02. The van der Waals surface area contributed by atoms with E-state index >= 15 is 0 Å². The summed E-state index contributed by atoms with van der Waals surface area (Å²) in [6, 6.07) is 17.1. The molecule has 2 aliphatic carbocycles. The molecule has 2 aromatic carbocycles. The average Bonchev–Trinajstić information content (AvgIpc) is 2.81. The number of aryl methyl sites for hydroxylation is 2. The molecule has 2 aliphatic rings. The molecule has 0 heterocycles. The minimum absolute atomic E-state index is 0.0994. The summed E-state index contributed by atoms with van der Waals surface area (Å²) < 4.78 is 0. The maximum Gasteiger partial charge on any atom is 0.315 e. The molecule has 0 fully saturated rings. The van der Waals surface area contributed by atoms with E-state index in [9.17, 15) is 9.59 Å². The van der Waals surface area contributed by atoms with E-state index in [-0.39, 0.29) is 24.1 Å². The van der Waals surface area contributed by atoms with Crippen molar-refractivity contribution in [3.05, 3.63) is 70.8 Å². The molecule has 4 amide bonds. The molecule has 0 saturated carbocycles. The van der Waals surface area contributed by atoms with Gasteiger partial charge in [0.2, 0.25) is 0 Å². The molecular formula is C26H34N4O2. The van der Waals surface area contributed by atoms with E-state index < -0.39 is 0 Å². The number of urea groups is 2. The first-order chi connectivity index (χ1) is 15.7. The van der Waals surface area contributed by atoms with E-state index in [1.54, 1.807) is 0 Å². The second kappa shape index (κ2) is 11.0. The van der Waals surface area contributed by atoms with E-state index in [0.717, 1.165) is 51.4 Å². The fourth-order valence-corrected chi connectivity index (χ4v) is 4.77. The van der Waals surface area contributed by atoms with Gasteiger partial charge in [-0.1, -0.05) is 48.5 Å². The molecule has 0 aliphatic heterocycles. The molecule has 6 nitrogen and oxygen atoms in total. The molecule has 0 saturated heterocycles. The molecule has 32 heavy (non-hydrogen) atoms. The number of fused-ring (bicyclic) bond motifs is 2. The summed E-state index contributed by atoms with van der Waals surface area (Å²) in [6.45, 7) is 1.22. The summed E-state index contributed by atoms with van der Waals surface area (Å²) in [6.07, 6.45) is 7.46. The molecule has 6 heteroatoms. The second-order valence-corrected chi connectivity index (χ2v) is 8.92. The molecule has 0 spiro atoms. The Morgan fingerprint density at radius 1 is 0.656 bits per heavy atom. The van der Waals surface area contributed by atoms with Crippen LogP contribution in [0.4, 0.5) is 9.59 Å². The van der Waals surface area contributed by atoms with Crippen molar-refractivity contribution in [1.82, 2.24) is 21.3 Å². The van der Waals surface area contributed by atoms with E-state index in [1.807, 2.05) is 0 Å². The number of hydrogen-bond acceptors (Lipinski definition) is 2. The molecule has 4 N–H and O–H groups in total. The van der Waals surface area contributed by atoms with Gasteiger partial charge in [0.05, 0.1) is 0 Å². The largest absolute Gasteiger partial charge is 0.338 e. The fourth-order valence-electron chi connectivity index (χ4n) is 4.77. The maximum atomic E-state index is 12.2. The lowest BCUT2D eigenvalue weighted by Gasteiger charge is -2.25. The minimum Gasteiger partial charge on any atom is -0.338 e. The Balaban J connectivity index is 1.04. The summed E-state index contributed by atoms with van der Waals surface area (Å²) in [4.78, 5) is 24.3. The van der Waals surface area contributed by atoms with Crippen molar-refractivity contribution in [2.75, 3.05) is 13.1 Å². The predicted molar refractivity (Wildman–Crippen MR) is 127 cm³/mol. The lowest BCUT2D eigenvalue weighted by Crippen LogP contribution is -2.45. The maximum absolute atomic E-state index is 12.2. The molecule has 0 unspecified atom stereocenters. The molecule has 0 bridgehead atoms. The smallest absolute Gasteiger partial charge is 0.315 e. The van der Waals surface area contributed by atoms with E-state index in [4.69, 9.17) is 0 Å². The Bertz CT molecular complexity index is 854. The van der Waals surface area contributed by atoms with Gasteiger partial charge in [-0.3, -0.25) is 0 Å². The number of benzene rings is 2. The fraction of sp³-hybridized carbons (Fsp3) is 0.462. The minimum atomic E-state index is -0.0994. The van der Waals surface area contributed by atoms with Gasteiger partial charge < -0.3 is 21.3 Å². The van der Waals surface area contributed by atoms with Crippen molar-refractivity contribution < 1.29 is 9.59 Å². The van der Waals surface area contributed by atoms with Crippen molar-refractivity contribution in [2.24, 2.45) is 0 Å². The number of carbonyl (C=O) groups excluding carboxylic acids is 2. The second-order valence-electron chi connectivity index (χ2n) is 8.92. The standard InChI is InChI=1S/C26H34N4O2/c31-25(29-23-13-11-19-7-1-3-9-21(19)17-23)27-15-5-6-16-28-26(32)30-24-14-12-20-8-2-4-10-22(20)18-24/h1-4,7-10,23-24H,5-6,11-18H2,(H2,27,29,31)(H2,28,30,32)/t23-,24-/m0/s1. The van der Waals surface area contributed by atoms with Crippen LogP contribution in [-0.2, 0) is 25.7 Å². The third kappa shape index (κ3) is 6.25. The molecule has 170 valence electrons. The lowest BCUT2D eigenvalue weighted by molar-refractivity contribution is 0.233. The van der Waals surface area contributed by atoms with Crippen molar-refractivity contribution in [3.63, 3.8) is 0 Å². The van der Waals surface area contributed by atoms with Gasteiger partial charge in [-0.25, -0.2) is 9.59 Å². The van der Waals surface area contributed by atoms with Gasteiger partial charge in [-0.15, -0.1) is 0 Å². The van der Waals surface area contributed by atoms with E-state index in [2.05, 4.69) is 69.8 Å². The number of rotatable bonds is 7. The Kier molecular flexibility index (Phi) is 7.64. The van der Waals surface area contributed by atoms with Crippen LogP contribution in [0.2, 0.25) is 0 Å². The third-order valence-corrected chi connectivity index (χ3v) is 6.54. The average molecular weight is 435 g/mol. The number of unbranched alkanes of at least 4 members (excludes halogenated alkanes) is 1. The zero-order valence-electron chi connectivity index (χ0n) is 18.7. The molecular weight excluding hydrogens is 400 g/mol. The zero-order valence-corrected chi connectivity index (χ0v) is 18.7. The molecule has 2 atom stereocenters. The first-order valence-corrected chi connectivity index (χ1v) is 11.9. The van der Waals surface area contributed by atoms with Gasteiger partial charge in [0.25, 0.3) is 0 Å². The topological polar surface area (TPSA) is 82.3 Å². The number of amides is 4. The monoisotopic (exact) mass is 434 g/mol. The van der Waals surface area contributed by atoms with E-state index in [1.165, 1.54) is 22.3 Å². The highest BCUT2D eigenvalue weighted by atomic mass is 16.2. The van der Waals surface area contributed by atoms with Crippen LogP contribution in [0.1, 0.15) is 47.9 Å². The molecule has 0 radical (unpaired) electrons. The van der Waals surface area contributed by atoms with Crippen LogP contribution in [0, 0.1) is 0 Å². The van der Waals surface area contributed by atoms with Gasteiger partial charge in [0.15, 0.2) is 0 Å². The van der Waals surface area contributed by atoms with Crippen LogP contribution in [0.25, 0.3) is 0 Å². The Morgan fingerprint density at radius 3 is 1.50 bits per heavy atom. The van der Waals surface area contributed by atoms with Crippen LogP contribution in [0.15, 0.2) is 48.5 Å². The van der Waals surface area contributed by atoms with Crippen LogP contribution in [-0.4, -0.2) is 37.2 Å². The first kappa shape index (κ1) is 22.2. The van der Waals surface area contributed by atoms with Gasteiger partial charge in [0, 0.05) is 25.2 Å². The highest BCUT2D eigenvalue weighted by Gasteiger charge is 2.20. The molecule has 4 rings (SSSR count). The first-order valence-electron chi connectivity index (χ1n) is 11.9. The van der Waals surface area contributed by atoms with Crippen LogP contribution < -0.4 is 21.3 Å². The summed E-state index contributed by atoms with van der Waals surface area (Å²) in [5.74, 6) is 0. The van der Waals surface area contributed by atoms with Crippen molar-refractivity contribution in [1.29, 1.82) is 0 Å². The lowest BCUT2D eigenvalue weighted by atomic mass is 9.88. The number of nitrogens with one attached hydrogen (secondary N) is 4. The Morgan fingerprint density at radius 2 is 1.06 bits per heavy atom. The van der Waals surface area contributed by atoms with Crippen LogP contribution in [0.5, 0.6) is 0 Å². The highest BCUT2D eigenvalue weighted by Crippen LogP contribution is 2.21. The Labute approximate surface area is 190 Å². The normalized spacial score (nSPS) is 19.2. The third-order valence-electron chi connectivity index (χ3n) is 6.54. The van der Waals surface area contributed by atoms with Crippen molar-refractivity contribution in [3.8, 4) is 0 Å². The molecule has 0 aromatic heterocycles. The summed E-state index contributed by atoms with van der Waals surface area (Å²) in [5.41, 5.74) is 5.48. The van der Waals surface area contributed by atoms with Gasteiger partial charge in [0.1, 0.15) is 0 Å². The van der Waals surface area contributed by atoms with Gasteiger partial charge in [-0.2, -0.15) is 0 Å². The predicted octanol–water partition coefficient (Wildman–Crippen LogP) is 3.48. The van der Waals surface area contributed by atoms with Gasteiger partial charge >= 0.3 is 12.1 Å². The number of carbonyl (C=O) groups is 2. The zero-order chi connectivity index (χ0) is 22.2. The SMILES string of the molecule is O=C(NCCCCNC(=O)N[C@H]1CCc2ccccc2C1)N[C@H]1CCc2ccccc2C1. The summed E-state index contributed by atoms with van der Waals surface area (Å²) in [5, 5.41) is 12.1. The highest BCUT2D eigenvalue weighted by molar-refractivity contribution is 5.74. The quantitative estimate of drug-likeness (QED) is 0.503. The van der Waals surface area contributed by atoms with Crippen molar-refractivity contribution >= 4 is 12.1 Å².